The summed E-state index contributed by atoms with van der Waals surface area (Å²) in [4.78, 5) is 16.5. The molecule has 0 radical (unpaired) electrons. The fourth-order valence-electron chi connectivity index (χ4n) is 2.29. The number of hydrogen-bond acceptors (Lipinski definition) is 3. The molecule has 1 aliphatic rings. The van der Waals surface area contributed by atoms with Gasteiger partial charge in [0.05, 0.1) is 0 Å². The highest BCUT2D eigenvalue weighted by Crippen LogP contribution is 2.25. The number of carbonyl (C=O) groups excluding carboxylic acids is 1. The first-order chi connectivity index (χ1) is 8.25. The second kappa shape index (κ2) is 3.70. The zero-order chi connectivity index (χ0) is 11.8. The predicted octanol–water partition coefficient (Wildman–Crippen LogP) is 1.99. The highest BCUT2D eigenvalue weighted by molar-refractivity contribution is 6.11. The first-order valence-corrected chi connectivity index (χ1v) is 5.62. The number of rotatable bonds is 0. The van der Waals surface area contributed by atoms with Crippen molar-refractivity contribution in [1.82, 2.24) is 4.98 Å². The summed E-state index contributed by atoms with van der Waals surface area (Å²) in [6, 6.07) is 7.35. The molecular formula is C14H12N2O. The summed E-state index contributed by atoms with van der Waals surface area (Å²) in [5.41, 5.74) is 9.96. The summed E-state index contributed by atoms with van der Waals surface area (Å²) >= 11 is 0. The van der Waals surface area contributed by atoms with Gasteiger partial charge in [-0.1, -0.05) is 6.07 Å². The van der Waals surface area contributed by atoms with Crippen molar-refractivity contribution in [3.8, 4) is 0 Å². The second-order valence-corrected chi connectivity index (χ2v) is 4.28. The number of aromatic nitrogens is 1. The third-order valence-corrected chi connectivity index (χ3v) is 3.19. The Labute approximate surface area is 99.3 Å². The van der Waals surface area contributed by atoms with E-state index in [0.717, 1.165) is 35.1 Å². The van der Waals surface area contributed by atoms with Crippen molar-refractivity contribution in [2.45, 2.75) is 12.8 Å². The van der Waals surface area contributed by atoms with Crippen molar-refractivity contribution >= 4 is 11.5 Å². The molecule has 1 aromatic heterocycles. The van der Waals surface area contributed by atoms with Crippen LogP contribution < -0.4 is 5.73 Å². The molecule has 0 saturated heterocycles. The Bertz CT molecular complexity index is 605. The lowest BCUT2D eigenvalue weighted by Gasteiger charge is -2.05. The van der Waals surface area contributed by atoms with Crippen molar-refractivity contribution in [1.29, 1.82) is 0 Å². The van der Waals surface area contributed by atoms with Crippen molar-refractivity contribution in [2.75, 3.05) is 5.73 Å². The van der Waals surface area contributed by atoms with Crippen LogP contribution in [0, 0.1) is 0 Å². The largest absolute Gasteiger partial charge is 0.399 e. The number of anilines is 1. The molecule has 0 aliphatic heterocycles. The molecule has 1 heterocycles. The summed E-state index contributed by atoms with van der Waals surface area (Å²) in [5.74, 6) is 0.0576. The standard InChI is InChI=1S/C14H12N2O/c15-11-4-3-9-1-2-10-8-16-6-5-12(10)14(17)13(9)7-11/h3-8H,1-2,15H2. The first kappa shape index (κ1) is 10.0. The summed E-state index contributed by atoms with van der Waals surface area (Å²) in [6.07, 6.45) is 5.16. The van der Waals surface area contributed by atoms with Gasteiger partial charge in [-0.25, -0.2) is 0 Å². The minimum Gasteiger partial charge on any atom is -0.399 e. The number of nitrogens with zero attached hydrogens (tertiary/aromatic N) is 1. The number of fused-ring (bicyclic) bond motifs is 2. The second-order valence-electron chi connectivity index (χ2n) is 4.28. The molecule has 3 rings (SSSR count). The molecule has 0 saturated carbocycles. The Morgan fingerprint density at radius 2 is 1.88 bits per heavy atom. The maximum absolute atomic E-state index is 12.4. The van der Waals surface area contributed by atoms with Gasteiger partial charge in [0.15, 0.2) is 5.78 Å². The summed E-state index contributed by atoms with van der Waals surface area (Å²) in [7, 11) is 0. The van der Waals surface area contributed by atoms with Gasteiger partial charge >= 0.3 is 0 Å². The highest BCUT2D eigenvalue weighted by Gasteiger charge is 2.20. The normalized spacial score (nSPS) is 13.8. The number of ketones is 1. The lowest BCUT2D eigenvalue weighted by Crippen LogP contribution is -2.05. The maximum Gasteiger partial charge on any atom is 0.193 e. The molecule has 2 aromatic rings. The Balaban J connectivity index is 2.22. The molecule has 0 bridgehead atoms. The number of nitrogens with two attached hydrogens (primary N) is 1. The average molecular weight is 224 g/mol. The molecule has 3 nitrogen and oxygen atoms in total. The topological polar surface area (TPSA) is 56.0 Å². The van der Waals surface area contributed by atoms with Crippen LogP contribution in [0.2, 0.25) is 0 Å². The van der Waals surface area contributed by atoms with Crippen LogP contribution in [0.1, 0.15) is 27.0 Å². The van der Waals surface area contributed by atoms with Gasteiger partial charge in [0, 0.05) is 29.2 Å². The SMILES string of the molecule is Nc1ccc2c(c1)C(=O)c1ccncc1CC2. The van der Waals surface area contributed by atoms with E-state index in [1.54, 1.807) is 24.5 Å². The Morgan fingerprint density at radius 1 is 1.06 bits per heavy atom. The number of pyridine rings is 1. The monoisotopic (exact) mass is 224 g/mol. The molecule has 2 N–H and O–H groups in total. The maximum atomic E-state index is 12.4. The number of benzene rings is 1. The van der Waals surface area contributed by atoms with Crippen LogP contribution in [0.15, 0.2) is 36.7 Å². The Kier molecular flexibility index (Phi) is 2.18. The molecule has 3 heteroatoms. The zero-order valence-corrected chi connectivity index (χ0v) is 9.31. The lowest BCUT2D eigenvalue weighted by atomic mass is 9.99. The van der Waals surface area contributed by atoms with E-state index in [0.29, 0.717) is 5.69 Å². The van der Waals surface area contributed by atoms with Gasteiger partial charge in [-0.05, 0) is 42.2 Å². The van der Waals surface area contributed by atoms with Gasteiger partial charge < -0.3 is 5.73 Å². The van der Waals surface area contributed by atoms with Crippen molar-refractivity contribution in [3.63, 3.8) is 0 Å². The quantitative estimate of drug-likeness (QED) is 0.696. The molecule has 0 unspecified atom stereocenters. The lowest BCUT2D eigenvalue weighted by molar-refractivity contribution is 0.103. The fourth-order valence-corrected chi connectivity index (χ4v) is 2.29. The van der Waals surface area contributed by atoms with Crippen molar-refractivity contribution < 1.29 is 4.79 Å². The molecule has 0 amide bonds. The van der Waals surface area contributed by atoms with E-state index in [1.807, 2.05) is 12.1 Å². The van der Waals surface area contributed by atoms with Crippen LogP contribution in [-0.4, -0.2) is 10.8 Å². The number of nitrogen functional groups attached to an aromatic ring is 1. The average Bonchev–Trinajstić information content (AvgIpc) is 2.49. The third kappa shape index (κ3) is 1.60. The van der Waals surface area contributed by atoms with Crippen molar-refractivity contribution in [3.05, 3.63) is 58.9 Å². The molecule has 0 atom stereocenters. The first-order valence-electron chi connectivity index (χ1n) is 5.62. The smallest absolute Gasteiger partial charge is 0.193 e. The van der Waals surface area contributed by atoms with Crippen LogP contribution >= 0.6 is 0 Å². The van der Waals surface area contributed by atoms with Gasteiger partial charge in [-0.2, -0.15) is 0 Å². The summed E-state index contributed by atoms with van der Waals surface area (Å²) < 4.78 is 0. The number of hydrogen-bond donors (Lipinski definition) is 1. The van der Waals surface area contributed by atoms with Gasteiger partial charge in [0.25, 0.3) is 0 Å². The molecule has 17 heavy (non-hydrogen) atoms. The Hall–Kier alpha value is -2.16. The van der Waals surface area contributed by atoms with Crippen LogP contribution in [0.4, 0.5) is 5.69 Å². The third-order valence-electron chi connectivity index (χ3n) is 3.19. The van der Waals surface area contributed by atoms with E-state index < -0.39 is 0 Å². The molecule has 1 aromatic carbocycles. The van der Waals surface area contributed by atoms with E-state index in [4.69, 9.17) is 5.73 Å². The predicted molar refractivity (Wildman–Crippen MR) is 65.9 cm³/mol. The van der Waals surface area contributed by atoms with E-state index in [-0.39, 0.29) is 5.78 Å². The number of aryl methyl sites for hydroxylation is 2. The fraction of sp³-hybridized carbons (Fsp3) is 0.143. The Morgan fingerprint density at radius 3 is 2.76 bits per heavy atom. The highest BCUT2D eigenvalue weighted by atomic mass is 16.1. The van der Waals surface area contributed by atoms with Crippen LogP contribution in [0.5, 0.6) is 0 Å². The van der Waals surface area contributed by atoms with Gasteiger partial charge in [0.2, 0.25) is 0 Å². The van der Waals surface area contributed by atoms with Crippen LogP contribution in [-0.2, 0) is 12.8 Å². The van der Waals surface area contributed by atoms with Crippen LogP contribution in [0.3, 0.4) is 0 Å². The molecule has 84 valence electrons. The summed E-state index contributed by atoms with van der Waals surface area (Å²) in [5, 5.41) is 0. The van der Waals surface area contributed by atoms with Gasteiger partial charge in [-0.15, -0.1) is 0 Å². The van der Waals surface area contributed by atoms with Gasteiger partial charge in [-0.3, -0.25) is 9.78 Å². The van der Waals surface area contributed by atoms with Crippen molar-refractivity contribution in [2.24, 2.45) is 0 Å². The van der Waals surface area contributed by atoms with E-state index in [9.17, 15) is 4.79 Å². The van der Waals surface area contributed by atoms with Gasteiger partial charge in [0.1, 0.15) is 0 Å². The molecular weight excluding hydrogens is 212 g/mol. The van der Waals surface area contributed by atoms with E-state index in [1.165, 1.54) is 0 Å². The van der Waals surface area contributed by atoms with E-state index >= 15 is 0 Å². The van der Waals surface area contributed by atoms with Crippen LogP contribution in [0.25, 0.3) is 0 Å². The number of carbonyl (C=O) groups is 1. The zero-order valence-electron chi connectivity index (χ0n) is 9.31. The molecule has 0 spiro atoms. The molecule has 1 aliphatic carbocycles. The minimum atomic E-state index is 0.0576. The molecule has 0 fully saturated rings. The van der Waals surface area contributed by atoms with E-state index in [2.05, 4.69) is 4.98 Å². The minimum absolute atomic E-state index is 0.0576. The summed E-state index contributed by atoms with van der Waals surface area (Å²) in [6.45, 7) is 0.